The third-order valence-corrected chi connectivity index (χ3v) is 8.75. The molecule has 1 radical (unpaired) electrons. The topological polar surface area (TPSA) is 128 Å². The fourth-order valence-electron chi connectivity index (χ4n) is 3.75. The number of carboxylic acids is 1. The zero-order valence-corrected chi connectivity index (χ0v) is 25.0. The van der Waals surface area contributed by atoms with E-state index in [0.717, 1.165) is 3.97 Å². The summed E-state index contributed by atoms with van der Waals surface area (Å²) in [5.41, 5.74) is 1.48. The molecule has 2 aromatic heterocycles. The van der Waals surface area contributed by atoms with Crippen molar-refractivity contribution in [1.29, 1.82) is 0 Å². The second-order valence-corrected chi connectivity index (χ2v) is 11.6. The Balaban J connectivity index is 0.00000441. The maximum Gasteiger partial charge on any atom is 0.422 e. The number of aliphatic carboxylic acids is 1. The summed E-state index contributed by atoms with van der Waals surface area (Å²) in [6, 6.07) is 13.3. The summed E-state index contributed by atoms with van der Waals surface area (Å²) in [6.45, 7) is -0.0413. The van der Waals surface area contributed by atoms with E-state index in [0.29, 0.717) is 5.56 Å². The summed E-state index contributed by atoms with van der Waals surface area (Å²) >= 11 is 0. The van der Waals surface area contributed by atoms with Gasteiger partial charge in [0.05, 0.1) is 38.2 Å². The second-order valence-electron chi connectivity index (χ2n) is 8.46. The first-order valence-electron chi connectivity index (χ1n) is 11.4. The van der Waals surface area contributed by atoms with Gasteiger partial charge in [-0.2, -0.15) is 13.2 Å². The first kappa shape index (κ1) is 31.7. The number of nitrogens with zero attached hydrogens (tertiary/aromatic N) is 3. The molecule has 15 heteroatoms. The van der Waals surface area contributed by atoms with E-state index in [-0.39, 0.29) is 86.2 Å². The number of para-hydroxylation sites is 2. The molecule has 0 aliphatic carbocycles. The number of aromatic nitrogens is 3. The van der Waals surface area contributed by atoms with Gasteiger partial charge in [-0.05, 0) is 49.2 Å². The number of carboxylic acid groups (broad SMARTS) is 1. The number of alkyl halides is 3. The molecule has 0 fully saturated rings. The van der Waals surface area contributed by atoms with Crippen LogP contribution in [0.3, 0.4) is 0 Å². The van der Waals surface area contributed by atoms with E-state index in [2.05, 4.69) is 9.97 Å². The van der Waals surface area contributed by atoms with Crippen molar-refractivity contribution in [2.45, 2.75) is 41.7 Å². The molecule has 40 heavy (non-hydrogen) atoms. The van der Waals surface area contributed by atoms with Crippen LogP contribution in [0.1, 0.15) is 23.2 Å². The van der Waals surface area contributed by atoms with Crippen molar-refractivity contribution in [3.8, 4) is 5.75 Å². The smallest absolute Gasteiger partial charge is 0.422 e. The normalized spacial score (nSPS) is 12.6. The Hall–Kier alpha value is -2.78. The molecule has 4 aromatic rings. The van der Waals surface area contributed by atoms with Crippen LogP contribution in [0.4, 0.5) is 13.2 Å². The summed E-state index contributed by atoms with van der Waals surface area (Å²) in [7, 11) is -6.39. The Morgan fingerprint density at radius 2 is 1.77 bits per heavy atom. The van der Waals surface area contributed by atoms with E-state index >= 15 is 0 Å². The minimum Gasteiger partial charge on any atom is -0.484 e. The summed E-state index contributed by atoms with van der Waals surface area (Å²) in [4.78, 5) is 19.1. The summed E-state index contributed by atoms with van der Waals surface area (Å²) in [5, 5.41) is 8.59. The summed E-state index contributed by atoms with van der Waals surface area (Å²) in [5.74, 6) is -1.40. The number of rotatable bonds is 10. The molecule has 2 heterocycles. The van der Waals surface area contributed by atoms with Gasteiger partial charge in [0.15, 0.2) is 6.61 Å². The first-order chi connectivity index (χ1) is 18.4. The Kier molecular flexibility index (Phi) is 10.2. The number of hydrogen-bond acceptors (Lipinski definition) is 7. The van der Waals surface area contributed by atoms with Crippen LogP contribution in [-0.2, 0) is 37.8 Å². The Morgan fingerprint density at radius 1 is 1.10 bits per heavy atom. The molecule has 1 N–H and O–H groups in total. The van der Waals surface area contributed by atoms with E-state index in [1.165, 1.54) is 49.5 Å². The molecule has 0 bridgehead atoms. The molecule has 0 saturated heterocycles. The van der Waals surface area contributed by atoms with Crippen molar-refractivity contribution in [2.24, 2.45) is 0 Å². The number of aryl methyl sites for hydroxylation is 1. The van der Waals surface area contributed by atoms with E-state index < -0.39 is 39.6 Å². The number of imidazole rings is 1. The molecule has 1 unspecified atom stereocenters. The molecular formula is C25H22F3N3NaO6S2. The third-order valence-electron chi connectivity index (χ3n) is 5.70. The van der Waals surface area contributed by atoms with Crippen LogP contribution in [0.5, 0.6) is 5.75 Å². The molecule has 9 nitrogen and oxygen atoms in total. The van der Waals surface area contributed by atoms with Crippen LogP contribution in [-0.4, -0.2) is 80.0 Å². The monoisotopic (exact) mass is 604 g/mol. The van der Waals surface area contributed by atoms with Gasteiger partial charge in [-0.1, -0.05) is 24.3 Å². The molecule has 1 atom stereocenters. The van der Waals surface area contributed by atoms with Crippen LogP contribution in [0.15, 0.2) is 70.8 Å². The van der Waals surface area contributed by atoms with Gasteiger partial charge in [0.2, 0.25) is 5.16 Å². The predicted octanol–water partition coefficient (Wildman–Crippen LogP) is 3.86. The number of hydrogen-bond donors (Lipinski definition) is 1. The zero-order valence-electron chi connectivity index (χ0n) is 21.4. The average Bonchev–Trinajstić information content (AvgIpc) is 3.28. The molecule has 0 saturated carbocycles. The van der Waals surface area contributed by atoms with Crippen molar-refractivity contribution in [1.82, 2.24) is 13.9 Å². The van der Waals surface area contributed by atoms with E-state index in [4.69, 9.17) is 9.84 Å². The average molecular weight is 605 g/mol. The van der Waals surface area contributed by atoms with Gasteiger partial charge in [0.1, 0.15) is 5.75 Å². The van der Waals surface area contributed by atoms with Gasteiger partial charge in [0.25, 0.3) is 10.0 Å². The third kappa shape index (κ3) is 7.29. The minimum absolute atomic E-state index is 0. The first-order valence-corrected chi connectivity index (χ1v) is 14.2. The quantitative estimate of drug-likeness (QED) is 0.270. The van der Waals surface area contributed by atoms with Crippen LogP contribution >= 0.6 is 0 Å². The van der Waals surface area contributed by atoms with Crippen molar-refractivity contribution in [3.63, 3.8) is 0 Å². The van der Waals surface area contributed by atoms with Crippen LogP contribution in [0.2, 0.25) is 0 Å². The number of pyridine rings is 1. The number of benzene rings is 2. The predicted molar refractivity (Wildman–Crippen MR) is 141 cm³/mol. The Bertz CT molecular complexity index is 1660. The minimum atomic E-state index is -4.55. The number of ether oxygens (including phenoxy) is 1. The molecule has 207 valence electrons. The summed E-state index contributed by atoms with van der Waals surface area (Å²) in [6.07, 6.45) is -3.22. The zero-order chi connectivity index (χ0) is 28.4. The van der Waals surface area contributed by atoms with Crippen molar-refractivity contribution in [3.05, 3.63) is 77.6 Å². The molecule has 0 aliphatic heterocycles. The number of carbonyl (C=O) groups is 1. The SMILES string of the molecule is Cc1c(OCC(F)(F)F)ccnc1CS(=O)c1nc2ccccc2n1S(=O)(=O)c1ccc(CCC(=O)O)cc1.[Na]. The van der Waals surface area contributed by atoms with Gasteiger partial charge >= 0.3 is 12.1 Å². The Labute approximate surface area is 252 Å². The number of fused-ring (bicyclic) bond motifs is 1. The second kappa shape index (κ2) is 12.8. The molecule has 2 aromatic carbocycles. The summed E-state index contributed by atoms with van der Waals surface area (Å²) < 4.78 is 84.5. The molecule has 0 spiro atoms. The maximum absolute atomic E-state index is 13.7. The fraction of sp³-hybridized carbons (Fsp3) is 0.240. The van der Waals surface area contributed by atoms with E-state index in [1.54, 1.807) is 18.2 Å². The molecular weight excluding hydrogens is 582 g/mol. The Morgan fingerprint density at radius 3 is 2.42 bits per heavy atom. The maximum atomic E-state index is 13.7. The van der Waals surface area contributed by atoms with Crippen LogP contribution < -0.4 is 4.74 Å². The van der Waals surface area contributed by atoms with Gasteiger partial charge < -0.3 is 9.84 Å². The molecule has 0 amide bonds. The fourth-order valence-corrected chi connectivity index (χ4v) is 6.80. The number of halogens is 3. The van der Waals surface area contributed by atoms with Crippen molar-refractivity contribution < 1.29 is 40.4 Å². The largest absolute Gasteiger partial charge is 0.484 e. The van der Waals surface area contributed by atoms with Gasteiger partial charge in [-0.25, -0.2) is 17.4 Å². The van der Waals surface area contributed by atoms with Crippen LogP contribution in [0.25, 0.3) is 11.0 Å². The van der Waals surface area contributed by atoms with Crippen molar-refractivity contribution in [2.75, 3.05) is 6.61 Å². The van der Waals surface area contributed by atoms with Gasteiger partial charge in [0, 0.05) is 47.7 Å². The van der Waals surface area contributed by atoms with Gasteiger partial charge in [-0.15, -0.1) is 0 Å². The van der Waals surface area contributed by atoms with Crippen LogP contribution in [0, 0.1) is 6.92 Å². The molecule has 0 aliphatic rings. The van der Waals surface area contributed by atoms with Gasteiger partial charge in [-0.3, -0.25) is 14.0 Å². The van der Waals surface area contributed by atoms with E-state index in [1.807, 2.05) is 0 Å². The van der Waals surface area contributed by atoms with Crippen molar-refractivity contribution >= 4 is 67.4 Å². The molecule has 4 rings (SSSR count). The van der Waals surface area contributed by atoms with E-state index in [9.17, 15) is 30.6 Å². The standard InChI is InChI=1S/C25H22F3N3O6S2.Na/c1-16-20(29-13-12-22(16)37-15-25(26,27)28)14-38(34)24-30-19-4-2-3-5-21(19)31(24)39(35,36)18-9-6-17(7-10-18)8-11-23(32)33;/h2-7,9-10,12-13H,8,11,14-15H2,1H3,(H,32,33);.